The normalized spacial score (nSPS) is 11.5. The molecular formula is C29H24FN3O2S2. The van der Waals surface area contributed by atoms with Gasteiger partial charge in [0.25, 0.3) is 0 Å². The summed E-state index contributed by atoms with van der Waals surface area (Å²) in [5.41, 5.74) is 5.58. The van der Waals surface area contributed by atoms with Gasteiger partial charge < -0.3 is 4.57 Å². The Morgan fingerprint density at radius 1 is 0.811 bits per heavy atom. The zero-order chi connectivity index (χ0) is 25.8. The number of nitrogens with zero attached hydrogens (tertiary/aromatic N) is 3. The van der Waals surface area contributed by atoms with E-state index in [0.717, 1.165) is 38.8 Å². The number of imidazole rings is 1. The molecule has 0 saturated carbocycles. The molecular weight excluding hydrogens is 505 g/mol. The first kappa shape index (κ1) is 24.9. The molecule has 0 fully saturated rings. The van der Waals surface area contributed by atoms with Crippen LogP contribution in [0, 0.1) is 5.82 Å². The number of hydrogen-bond acceptors (Lipinski definition) is 5. The Hall–Kier alpha value is -3.75. The summed E-state index contributed by atoms with van der Waals surface area (Å²) in [7, 11) is -3.25. The van der Waals surface area contributed by atoms with Crippen molar-refractivity contribution in [1.29, 1.82) is 0 Å². The highest BCUT2D eigenvalue weighted by Crippen LogP contribution is 2.37. The van der Waals surface area contributed by atoms with Crippen molar-refractivity contribution in [3.05, 3.63) is 120 Å². The summed E-state index contributed by atoms with van der Waals surface area (Å²) in [5.74, 6) is 0.305. The van der Waals surface area contributed by atoms with Crippen LogP contribution in [-0.4, -0.2) is 29.2 Å². The van der Waals surface area contributed by atoms with Gasteiger partial charge in [0.15, 0.2) is 15.0 Å². The van der Waals surface area contributed by atoms with Gasteiger partial charge in [0.1, 0.15) is 5.82 Å². The quantitative estimate of drug-likeness (QED) is 0.215. The van der Waals surface area contributed by atoms with Crippen LogP contribution in [0.25, 0.3) is 22.5 Å². The van der Waals surface area contributed by atoms with Crippen LogP contribution in [-0.2, 0) is 22.1 Å². The van der Waals surface area contributed by atoms with Crippen LogP contribution in [0.3, 0.4) is 0 Å². The van der Waals surface area contributed by atoms with Gasteiger partial charge in [-0.2, -0.15) is 0 Å². The monoisotopic (exact) mass is 529 g/mol. The lowest BCUT2D eigenvalue weighted by Crippen LogP contribution is -2.04. The zero-order valence-electron chi connectivity index (χ0n) is 20.1. The van der Waals surface area contributed by atoms with E-state index in [9.17, 15) is 12.8 Å². The molecule has 0 aliphatic heterocycles. The van der Waals surface area contributed by atoms with E-state index in [1.807, 2.05) is 42.5 Å². The van der Waals surface area contributed by atoms with Gasteiger partial charge in [-0.05, 0) is 59.7 Å². The number of pyridine rings is 1. The van der Waals surface area contributed by atoms with Crippen molar-refractivity contribution in [3.63, 3.8) is 0 Å². The van der Waals surface area contributed by atoms with Gasteiger partial charge in [-0.1, -0.05) is 54.2 Å². The second kappa shape index (κ2) is 10.7. The summed E-state index contributed by atoms with van der Waals surface area (Å²) in [6.07, 6.45) is 4.70. The molecule has 5 rings (SSSR count). The Balaban J connectivity index is 1.59. The molecule has 2 heterocycles. The van der Waals surface area contributed by atoms with E-state index < -0.39 is 9.84 Å². The highest BCUT2D eigenvalue weighted by atomic mass is 32.2. The van der Waals surface area contributed by atoms with Crippen LogP contribution >= 0.6 is 11.8 Å². The van der Waals surface area contributed by atoms with E-state index >= 15 is 0 Å². The Labute approximate surface area is 220 Å². The molecule has 8 heteroatoms. The lowest BCUT2D eigenvalue weighted by atomic mass is 10.1. The molecule has 0 amide bonds. The maximum Gasteiger partial charge on any atom is 0.175 e. The SMILES string of the molecule is CS(=O)(=O)c1ccc(CSc2nc(-c3ccc(F)cc3)c(-c3ccncc3)n2Cc2ccccc2)cc1. The highest BCUT2D eigenvalue weighted by Gasteiger charge is 2.21. The summed E-state index contributed by atoms with van der Waals surface area (Å²) in [5, 5.41) is 0.808. The fourth-order valence-corrected chi connectivity index (χ4v) is 5.63. The Bertz CT molecular complexity index is 1600. The minimum Gasteiger partial charge on any atom is -0.314 e. The number of hydrogen-bond donors (Lipinski definition) is 0. The van der Waals surface area contributed by atoms with Crippen molar-refractivity contribution in [2.24, 2.45) is 0 Å². The fourth-order valence-electron chi connectivity index (χ4n) is 4.05. The standard InChI is InChI=1S/C29H24FN3O2S2/c1-37(34,35)26-13-7-22(8-14-26)20-36-29-32-27(23-9-11-25(30)12-10-23)28(24-15-17-31-18-16-24)33(29)19-21-5-3-2-4-6-21/h2-18H,19-20H2,1H3. The largest absolute Gasteiger partial charge is 0.314 e. The predicted molar refractivity (Wildman–Crippen MR) is 146 cm³/mol. The van der Waals surface area contributed by atoms with Crippen molar-refractivity contribution in [3.8, 4) is 22.5 Å². The van der Waals surface area contributed by atoms with Gasteiger partial charge in [-0.25, -0.2) is 17.8 Å². The zero-order valence-corrected chi connectivity index (χ0v) is 21.7. The number of thioether (sulfide) groups is 1. The summed E-state index contributed by atoms with van der Waals surface area (Å²) in [4.78, 5) is 9.52. The van der Waals surface area contributed by atoms with Crippen LogP contribution in [0.1, 0.15) is 11.1 Å². The molecule has 0 N–H and O–H groups in total. The smallest absolute Gasteiger partial charge is 0.175 e. The lowest BCUT2D eigenvalue weighted by molar-refractivity contribution is 0.602. The molecule has 5 aromatic rings. The average Bonchev–Trinajstić information content (AvgIpc) is 3.26. The second-order valence-electron chi connectivity index (χ2n) is 8.61. The molecule has 0 spiro atoms. The average molecular weight is 530 g/mol. The minimum atomic E-state index is -3.25. The third kappa shape index (κ3) is 5.81. The first-order valence-electron chi connectivity index (χ1n) is 11.6. The van der Waals surface area contributed by atoms with Crippen LogP contribution < -0.4 is 0 Å². The first-order chi connectivity index (χ1) is 17.9. The molecule has 0 aliphatic carbocycles. The molecule has 37 heavy (non-hydrogen) atoms. The van der Waals surface area contributed by atoms with E-state index in [0.29, 0.717) is 17.2 Å². The van der Waals surface area contributed by atoms with E-state index in [1.54, 1.807) is 48.4 Å². The summed E-state index contributed by atoms with van der Waals surface area (Å²) < 4.78 is 39.6. The summed E-state index contributed by atoms with van der Waals surface area (Å²) in [6, 6.07) is 27.4. The van der Waals surface area contributed by atoms with Gasteiger partial charge >= 0.3 is 0 Å². The Kier molecular flexibility index (Phi) is 7.21. The van der Waals surface area contributed by atoms with E-state index in [4.69, 9.17) is 4.98 Å². The van der Waals surface area contributed by atoms with Crippen LogP contribution in [0.2, 0.25) is 0 Å². The van der Waals surface area contributed by atoms with Crippen molar-refractivity contribution < 1.29 is 12.8 Å². The van der Waals surface area contributed by atoms with Crippen LogP contribution in [0.5, 0.6) is 0 Å². The molecule has 0 bridgehead atoms. The minimum absolute atomic E-state index is 0.297. The maximum absolute atomic E-state index is 13.7. The van der Waals surface area contributed by atoms with Gasteiger partial charge in [0, 0.05) is 35.5 Å². The molecule has 3 aromatic carbocycles. The number of aromatic nitrogens is 3. The van der Waals surface area contributed by atoms with E-state index in [2.05, 4.69) is 21.7 Å². The van der Waals surface area contributed by atoms with Crippen molar-refractivity contribution in [1.82, 2.24) is 14.5 Å². The summed E-state index contributed by atoms with van der Waals surface area (Å²) in [6.45, 7) is 0.599. The maximum atomic E-state index is 13.7. The predicted octanol–water partition coefficient (Wildman–Crippen LogP) is 6.50. The molecule has 0 atom stereocenters. The molecule has 186 valence electrons. The lowest BCUT2D eigenvalue weighted by Gasteiger charge is -2.13. The third-order valence-electron chi connectivity index (χ3n) is 5.91. The molecule has 0 radical (unpaired) electrons. The highest BCUT2D eigenvalue weighted by molar-refractivity contribution is 7.98. The Morgan fingerprint density at radius 3 is 2.14 bits per heavy atom. The van der Waals surface area contributed by atoms with Gasteiger partial charge in [-0.3, -0.25) is 4.98 Å². The molecule has 0 aliphatic rings. The topological polar surface area (TPSA) is 64.8 Å². The van der Waals surface area contributed by atoms with Gasteiger partial charge in [0.2, 0.25) is 0 Å². The molecule has 0 unspecified atom stereocenters. The number of sulfone groups is 1. The van der Waals surface area contributed by atoms with Crippen LogP contribution in [0.15, 0.2) is 113 Å². The van der Waals surface area contributed by atoms with Crippen molar-refractivity contribution in [2.75, 3.05) is 6.26 Å². The van der Waals surface area contributed by atoms with Crippen molar-refractivity contribution in [2.45, 2.75) is 22.3 Å². The van der Waals surface area contributed by atoms with Gasteiger partial charge in [0.05, 0.1) is 22.8 Å². The Morgan fingerprint density at radius 2 is 1.49 bits per heavy atom. The fraction of sp³-hybridized carbons (Fsp3) is 0.103. The third-order valence-corrected chi connectivity index (χ3v) is 8.08. The van der Waals surface area contributed by atoms with Crippen molar-refractivity contribution >= 4 is 21.6 Å². The van der Waals surface area contributed by atoms with Gasteiger partial charge in [-0.15, -0.1) is 0 Å². The molecule has 2 aromatic heterocycles. The number of rotatable bonds is 8. The summed E-state index contributed by atoms with van der Waals surface area (Å²) >= 11 is 1.57. The first-order valence-corrected chi connectivity index (χ1v) is 14.5. The second-order valence-corrected chi connectivity index (χ2v) is 11.6. The number of benzene rings is 3. The van der Waals surface area contributed by atoms with E-state index in [-0.39, 0.29) is 5.82 Å². The van der Waals surface area contributed by atoms with Crippen LogP contribution in [0.4, 0.5) is 4.39 Å². The molecule has 0 saturated heterocycles. The van der Waals surface area contributed by atoms with E-state index in [1.165, 1.54) is 18.4 Å². The molecule has 5 nitrogen and oxygen atoms in total. The number of halogens is 1.